The number of nitrogens with zero attached hydrogens (tertiary/aromatic N) is 3. The number of carbonyl (C=O) groups is 2. The highest BCUT2D eigenvalue weighted by Crippen LogP contribution is 2.26. The Balaban J connectivity index is 2.31. The van der Waals surface area contributed by atoms with E-state index in [9.17, 15) is 9.59 Å². The van der Waals surface area contributed by atoms with Gasteiger partial charge in [-0.05, 0) is 25.1 Å². The maximum Gasteiger partial charge on any atom is 0.376 e. The zero-order chi connectivity index (χ0) is 15.4. The lowest BCUT2D eigenvalue weighted by Crippen LogP contribution is -2.08. The van der Waals surface area contributed by atoms with Crippen LogP contribution >= 0.6 is 11.8 Å². The van der Waals surface area contributed by atoms with Crippen LogP contribution in [0.15, 0.2) is 34.3 Å². The Morgan fingerprint density at radius 2 is 2.05 bits per heavy atom. The molecule has 0 saturated carbocycles. The Labute approximate surface area is 124 Å². The predicted molar refractivity (Wildman–Crippen MR) is 73.4 cm³/mol. The topological polar surface area (TPSA) is 102 Å². The van der Waals surface area contributed by atoms with Crippen LogP contribution in [0, 0.1) is 6.92 Å². The van der Waals surface area contributed by atoms with Gasteiger partial charge in [0.1, 0.15) is 10.7 Å². The van der Waals surface area contributed by atoms with Gasteiger partial charge in [-0.3, -0.25) is 0 Å². The average molecular weight is 305 g/mol. The molecular weight excluding hydrogens is 294 g/mol. The summed E-state index contributed by atoms with van der Waals surface area (Å²) in [5, 5.41) is 9.43. The van der Waals surface area contributed by atoms with Gasteiger partial charge < -0.3 is 9.84 Å². The van der Waals surface area contributed by atoms with Gasteiger partial charge in [-0.1, -0.05) is 11.8 Å². The minimum atomic E-state index is -1.11. The van der Waals surface area contributed by atoms with Gasteiger partial charge in [0.15, 0.2) is 0 Å². The van der Waals surface area contributed by atoms with E-state index in [0.29, 0.717) is 15.6 Å². The molecule has 0 bridgehead atoms. The summed E-state index contributed by atoms with van der Waals surface area (Å²) in [6.07, 6.45) is 1.40. The summed E-state index contributed by atoms with van der Waals surface area (Å²) in [6, 6.07) is 4.78. The molecule has 2 aromatic rings. The molecule has 2 rings (SSSR count). The summed E-state index contributed by atoms with van der Waals surface area (Å²) < 4.78 is 4.59. The van der Waals surface area contributed by atoms with Gasteiger partial charge >= 0.3 is 11.9 Å². The second kappa shape index (κ2) is 6.31. The van der Waals surface area contributed by atoms with Crippen molar-refractivity contribution in [1.82, 2.24) is 15.0 Å². The fraction of sp³-hybridized carbons (Fsp3) is 0.154. The fourth-order valence-corrected chi connectivity index (χ4v) is 2.39. The van der Waals surface area contributed by atoms with E-state index in [1.165, 1.54) is 31.1 Å². The molecule has 0 amide bonds. The van der Waals surface area contributed by atoms with Crippen molar-refractivity contribution >= 4 is 23.7 Å². The van der Waals surface area contributed by atoms with Gasteiger partial charge in [0.25, 0.3) is 0 Å². The van der Waals surface area contributed by atoms with Crippen LogP contribution in [0.3, 0.4) is 0 Å². The summed E-state index contributed by atoms with van der Waals surface area (Å²) >= 11 is 1.21. The second-order valence-electron chi connectivity index (χ2n) is 3.95. The molecule has 0 saturated heterocycles. The lowest BCUT2D eigenvalue weighted by atomic mass is 10.3. The first-order valence-corrected chi connectivity index (χ1v) is 6.62. The number of aryl methyl sites for hydroxylation is 1. The second-order valence-corrected chi connectivity index (χ2v) is 5.04. The quantitative estimate of drug-likeness (QED) is 0.674. The summed E-state index contributed by atoms with van der Waals surface area (Å²) in [5.74, 6) is -1.76. The van der Waals surface area contributed by atoms with Crippen LogP contribution in [0.25, 0.3) is 0 Å². The minimum absolute atomic E-state index is 0.0347. The van der Waals surface area contributed by atoms with Crippen LogP contribution in [-0.4, -0.2) is 39.1 Å². The third-order valence-electron chi connectivity index (χ3n) is 2.37. The Kier molecular flexibility index (Phi) is 4.49. The normalized spacial score (nSPS) is 10.2. The molecular formula is C13H11N3O4S. The third kappa shape index (κ3) is 3.76. The molecule has 1 N–H and O–H groups in total. The van der Waals surface area contributed by atoms with E-state index in [1.54, 1.807) is 19.1 Å². The van der Waals surface area contributed by atoms with Crippen LogP contribution in [0.1, 0.15) is 26.8 Å². The van der Waals surface area contributed by atoms with Crippen molar-refractivity contribution in [1.29, 1.82) is 0 Å². The highest BCUT2D eigenvalue weighted by molar-refractivity contribution is 7.99. The number of carboxylic acids is 1. The summed E-state index contributed by atoms with van der Waals surface area (Å²) in [7, 11) is 1.25. The number of aromatic carboxylic acids is 1. The van der Waals surface area contributed by atoms with Crippen molar-refractivity contribution in [2.75, 3.05) is 7.11 Å². The third-order valence-corrected chi connectivity index (χ3v) is 3.28. The van der Waals surface area contributed by atoms with Gasteiger partial charge in [-0.2, -0.15) is 0 Å². The van der Waals surface area contributed by atoms with Gasteiger partial charge in [-0.15, -0.1) is 0 Å². The highest BCUT2D eigenvalue weighted by atomic mass is 32.2. The van der Waals surface area contributed by atoms with Crippen molar-refractivity contribution in [3.8, 4) is 0 Å². The summed E-state index contributed by atoms with van der Waals surface area (Å²) in [5.41, 5.74) is 0.555. The number of hydrogen-bond acceptors (Lipinski definition) is 7. The van der Waals surface area contributed by atoms with E-state index in [0.717, 1.165) is 0 Å². The molecule has 2 heterocycles. The standard InChI is InChI=1S/C13H11N3O4S/c1-7-5-10(16-11(15-7)13(19)20-2)21-8-3-4-14-9(6-8)12(17)18/h3-6H,1-2H3,(H,17,18). The van der Waals surface area contributed by atoms with Crippen LogP contribution in [0.4, 0.5) is 0 Å². The lowest BCUT2D eigenvalue weighted by Gasteiger charge is -2.05. The van der Waals surface area contributed by atoms with Crippen molar-refractivity contribution < 1.29 is 19.4 Å². The first-order valence-electron chi connectivity index (χ1n) is 5.81. The Bertz CT molecular complexity index is 706. The van der Waals surface area contributed by atoms with Crippen LogP contribution < -0.4 is 0 Å². The average Bonchev–Trinajstić information content (AvgIpc) is 2.46. The SMILES string of the molecule is COC(=O)c1nc(C)cc(Sc2ccnc(C(=O)O)c2)n1. The minimum Gasteiger partial charge on any atom is -0.477 e. The smallest absolute Gasteiger partial charge is 0.376 e. The largest absolute Gasteiger partial charge is 0.477 e. The van der Waals surface area contributed by atoms with E-state index in [2.05, 4.69) is 19.7 Å². The molecule has 2 aromatic heterocycles. The number of pyridine rings is 1. The molecule has 0 aliphatic carbocycles. The molecule has 0 unspecified atom stereocenters. The molecule has 7 nitrogen and oxygen atoms in total. The number of methoxy groups -OCH3 is 1. The molecule has 0 radical (unpaired) electrons. The first kappa shape index (κ1) is 14.9. The highest BCUT2D eigenvalue weighted by Gasteiger charge is 2.13. The Hall–Kier alpha value is -2.48. The molecule has 0 aliphatic rings. The predicted octanol–water partition coefficient (Wildman–Crippen LogP) is 1.82. The van der Waals surface area contributed by atoms with Crippen molar-refractivity contribution in [2.24, 2.45) is 0 Å². The van der Waals surface area contributed by atoms with Gasteiger partial charge in [0.05, 0.1) is 7.11 Å². The number of esters is 1. The molecule has 0 atom stereocenters. The number of ether oxygens (including phenoxy) is 1. The van der Waals surface area contributed by atoms with E-state index in [4.69, 9.17) is 5.11 Å². The van der Waals surface area contributed by atoms with E-state index in [1.807, 2.05) is 0 Å². The van der Waals surface area contributed by atoms with Crippen LogP contribution in [0.2, 0.25) is 0 Å². The van der Waals surface area contributed by atoms with Crippen LogP contribution in [0.5, 0.6) is 0 Å². The van der Waals surface area contributed by atoms with E-state index >= 15 is 0 Å². The van der Waals surface area contributed by atoms with Crippen molar-refractivity contribution in [3.05, 3.63) is 41.6 Å². The number of carboxylic acid groups (broad SMARTS) is 1. The summed E-state index contributed by atoms with van der Waals surface area (Å²) in [6.45, 7) is 1.73. The monoisotopic (exact) mass is 305 g/mol. The van der Waals surface area contributed by atoms with Gasteiger partial charge in [0, 0.05) is 16.8 Å². The van der Waals surface area contributed by atoms with Crippen molar-refractivity contribution in [3.63, 3.8) is 0 Å². The Morgan fingerprint density at radius 3 is 2.71 bits per heavy atom. The van der Waals surface area contributed by atoms with E-state index in [-0.39, 0.29) is 11.5 Å². The Morgan fingerprint density at radius 1 is 1.29 bits per heavy atom. The lowest BCUT2D eigenvalue weighted by molar-refractivity contribution is 0.0584. The molecule has 8 heteroatoms. The number of aromatic nitrogens is 3. The van der Waals surface area contributed by atoms with Gasteiger partial charge in [0.2, 0.25) is 5.82 Å². The number of rotatable bonds is 4. The number of hydrogen-bond donors (Lipinski definition) is 1. The zero-order valence-electron chi connectivity index (χ0n) is 11.2. The molecule has 0 aliphatic heterocycles. The molecule has 0 aromatic carbocycles. The maximum absolute atomic E-state index is 11.5. The number of carbonyl (C=O) groups excluding carboxylic acids is 1. The van der Waals surface area contributed by atoms with Crippen molar-refractivity contribution in [2.45, 2.75) is 16.8 Å². The molecule has 0 fully saturated rings. The van der Waals surface area contributed by atoms with Crippen LogP contribution in [-0.2, 0) is 4.74 Å². The molecule has 0 spiro atoms. The molecule has 108 valence electrons. The van der Waals surface area contributed by atoms with E-state index < -0.39 is 11.9 Å². The zero-order valence-corrected chi connectivity index (χ0v) is 12.0. The van der Waals surface area contributed by atoms with Gasteiger partial charge in [-0.25, -0.2) is 24.5 Å². The maximum atomic E-state index is 11.5. The fourth-order valence-electron chi connectivity index (χ4n) is 1.49. The molecule has 21 heavy (non-hydrogen) atoms. The first-order chi connectivity index (χ1) is 9.99. The summed E-state index contributed by atoms with van der Waals surface area (Å²) in [4.78, 5) is 34.8.